The van der Waals surface area contributed by atoms with E-state index in [0.29, 0.717) is 13.2 Å². The number of nitrogens with two attached hydrogens (primary N) is 1. The third-order valence-electron chi connectivity index (χ3n) is 2.19. The second-order valence-corrected chi connectivity index (χ2v) is 3.55. The Morgan fingerprint density at radius 3 is 2.40 bits per heavy atom. The lowest BCUT2D eigenvalue weighted by atomic mass is 10.0. The fourth-order valence-corrected chi connectivity index (χ4v) is 1.45. The van der Waals surface area contributed by atoms with Crippen LogP contribution in [0.2, 0.25) is 0 Å². The number of rotatable bonds is 6. The lowest BCUT2D eigenvalue weighted by Gasteiger charge is -2.21. The molecule has 1 rings (SSSR count). The average molecular weight is 209 g/mol. The van der Waals surface area contributed by atoms with Crippen LogP contribution >= 0.6 is 0 Å². The van der Waals surface area contributed by atoms with Crippen molar-refractivity contribution in [1.82, 2.24) is 0 Å². The minimum absolute atomic E-state index is 0.0238. The molecule has 0 fully saturated rings. The molecule has 0 aliphatic carbocycles. The topological polar surface area (TPSA) is 44.5 Å². The molecule has 0 heterocycles. The first-order valence-electron chi connectivity index (χ1n) is 5.16. The van der Waals surface area contributed by atoms with Crippen LogP contribution in [0.4, 0.5) is 0 Å². The molecule has 0 aliphatic heterocycles. The Kier molecular flexibility index (Phi) is 5.32. The minimum Gasteiger partial charge on any atom is -0.382 e. The molecule has 1 aromatic rings. The van der Waals surface area contributed by atoms with Gasteiger partial charge in [-0.25, -0.2) is 0 Å². The first kappa shape index (κ1) is 12.2. The fraction of sp³-hybridized carbons (Fsp3) is 0.500. The van der Waals surface area contributed by atoms with E-state index in [1.54, 1.807) is 7.11 Å². The van der Waals surface area contributed by atoms with Crippen LogP contribution in [0.5, 0.6) is 0 Å². The van der Waals surface area contributed by atoms with Crippen molar-refractivity contribution in [2.75, 3.05) is 20.3 Å². The first-order chi connectivity index (χ1) is 7.25. The highest BCUT2D eigenvalue weighted by Gasteiger charge is 2.15. The largest absolute Gasteiger partial charge is 0.382 e. The molecule has 0 aliphatic rings. The molecule has 2 N–H and O–H groups in total. The maximum absolute atomic E-state index is 5.89. The van der Waals surface area contributed by atoms with E-state index in [1.807, 2.05) is 37.3 Å². The van der Waals surface area contributed by atoms with Gasteiger partial charge < -0.3 is 15.2 Å². The zero-order valence-electron chi connectivity index (χ0n) is 9.35. The van der Waals surface area contributed by atoms with Gasteiger partial charge >= 0.3 is 0 Å². The van der Waals surface area contributed by atoms with E-state index in [1.165, 1.54) is 0 Å². The smallest absolute Gasteiger partial charge is 0.0974 e. The van der Waals surface area contributed by atoms with Gasteiger partial charge in [-0.15, -0.1) is 0 Å². The Balaban J connectivity index is 2.58. The summed E-state index contributed by atoms with van der Waals surface area (Å²) in [5.74, 6) is 0. The number of benzene rings is 1. The van der Waals surface area contributed by atoms with Crippen LogP contribution < -0.4 is 5.73 Å². The zero-order valence-corrected chi connectivity index (χ0v) is 9.35. The summed E-state index contributed by atoms with van der Waals surface area (Å²) in [7, 11) is 1.66. The van der Waals surface area contributed by atoms with Gasteiger partial charge in [0.15, 0.2) is 0 Å². The van der Waals surface area contributed by atoms with E-state index in [0.717, 1.165) is 5.56 Å². The van der Waals surface area contributed by atoms with E-state index in [2.05, 4.69) is 0 Å². The Morgan fingerprint density at radius 2 is 1.87 bits per heavy atom. The summed E-state index contributed by atoms with van der Waals surface area (Å²) in [5.41, 5.74) is 7.00. The highest BCUT2D eigenvalue weighted by molar-refractivity contribution is 5.18. The molecule has 0 radical (unpaired) electrons. The highest BCUT2D eigenvalue weighted by atomic mass is 16.5. The second kappa shape index (κ2) is 6.56. The number of hydrogen-bond donors (Lipinski definition) is 1. The van der Waals surface area contributed by atoms with Crippen molar-refractivity contribution in [1.29, 1.82) is 0 Å². The Hall–Kier alpha value is -0.900. The molecule has 15 heavy (non-hydrogen) atoms. The van der Waals surface area contributed by atoms with Crippen LogP contribution in [0, 0.1) is 0 Å². The minimum atomic E-state index is -0.0543. The zero-order chi connectivity index (χ0) is 11.1. The van der Waals surface area contributed by atoms with Crippen molar-refractivity contribution in [3.63, 3.8) is 0 Å². The molecule has 0 saturated carbocycles. The molecule has 0 aromatic heterocycles. The van der Waals surface area contributed by atoms with Crippen molar-refractivity contribution >= 4 is 0 Å². The molecule has 0 spiro atoms. The standard InChI is InChI=1S/C12H19NO2/c1-10(13)12(15-9-8-14-2)11-6-4-3-5-7-11/h3-7,10,12H,8-9,13H2,1-2H3. The van der Waals surface area contributed by atoms with Crippen molar-refractivity contribution in [2.24, 2.45) is 5.73 Å². The number of methoxy groups -OCH3 is 1. The van der Waals surface area contributed by atoms with E-state index in [-0.39, 0.29) is 12.1 Å². The molecule has 2 atom stereocenters. The van der Waals surface area contributed by atoms with Gasteiger partial charge in [-0.1, -0.05) is 30.3 Å². The number of ether oxygens (including phenoxy) is 2. The number of hydrogen-bond acceptors (Lipinski definition) is 3. The highest BCUT2D eigenvalue weighted by Crippen LogP contribution is 2.19. The lowest BCUT2D eigenvalue weighted by Crippen LogP contribution is -2.27. The molecule has 0 saturated heterocycles. The molecule has 0 amide bonds. The summed E-state index contributed by atoms with van der Waals surface area (Å²) in [4.78, 5) is 0. The van der Waals surface area contributed by atoms with Gasteiger partial charge in [-0.3, -0.25) is 0 Å². The van der Waals surface area contributed by atoms with Crippen molar-refractivity contribution in [3.8, 4) is 0 Å². The van der Waals surface area contributed by atoms with E-state index in [4.69, 9.17) is 15.2 Å². The van der Waals surface area contributed by atoms with Gasteiger partial charge in [0.05, 0.1) is 19.3 Å². The molecule has 3 heteroatoms. The summed E-state index contributed by atoms with van der Waals surface area (Å²) >= 11 is 0. The first-order valence-corrected chi connectivity index (χ1v) is 5.16. The Labute approximate surface area is 91.2 Å². The second-order valence-electron chi connectivity index (χ2n) is 3.55. The SMILES string of the molecule is COCCOC(c1ccccc1)C(C)N. The normalized spacial score (nSPS) is 14.9. The summed E-state index contributed by atoms with van der Waals surface area (Å²) in [6, 6.07) is 10.00. The molecule has 3 nitrogen and oxygen atoms in total. The predicted octanol–water partition coefficient (Wildman–Crippen LogP) is 1.74. The van der Waals surface area contributed by atoms with Crippen molar-refractivity contribution < 1.29 is 9.47 Å². The molecular weight excluding hydrogens is 190 g/mol. The molecular formula is C12H19NO2. The van der Waals surface area contributed by atoms with Crippen molar-refractivity contribution in [3.05, 3.63) is 35.9 Å². The van der Waals surface area contributed by atoms with Gasteiger partial charge in [0.1, 0.15) is 0 Å². The maximum Gasteiger partial charge on any atom is 0.0974 e. The van der Waals surface area contributed by atoms with Gasteiger partial charge in [0.2, 0.25) is 0 Å². The van der Waals surface area contributed by atoms with E-state index in [9.17, 15) is 0 Å². The van der Waals surface area contributed by atoms with E-state index < -0.39 is 0 Å². The van der Waals surface area contributed by atoms with E-state index >= 15 is 0 Å². The third kappa shape index (κ3) is 4.00. The molecule has 0 bridgehead atoms. The fourth-order valence-electron chi connectivity index (χ4n) is 1.45. The molecule has 84 valence electrons. The molecule has 2 unspecified atom stereocenters. The van der Waals surface area contributed by atoms with Crippen LogP contribution in [0.25, 0.3) is 0 Å². The Morgan fingerprint density at radius 1 is 1.20 bits per heavy atom. The average Bonchev–Trinajstić information content (AvgIpc) is 2.25. The quantitative estimate of drug-likeness (QED) is 0.726. The van der Waals surface area contributed by atoms with Gasteiger partial charge in [-0.05, 0) is 12.5 Å². The Bertz CT molecular complexity index is 262. The van der Waals surface area contributed by atoms with Crippen LogP contribution in [0.15, 0.2) is 30.3 Å². The van der Waals surface area contributed by atoms with Crippen LogP contribution in [0.3, 0.4) is 0 Å². The van der Waals surface area contributed by atoms with Gasteiger partial charge in [-0.2, -0.15) is 0 Å². The monoisotopic (exact) mass is 209 g/mol. The lowest BCUT2D eigenvalue weighted by molar-refractivity contribution is 0.00618. The van der Waals surface area contributed by atoms with Crippen LogP contribution in [0.1, 0.15) is 18.6 Å². The summed E-state index contributed by atoms with van der Waals surface area (Å²) in [6.45, 7) is 3.11. The predicted molar refractivity (Wildman–Crippen MR) is 60.7 cm³/mol. The van der Waals surface area contributed by atoms with Gasteiger partial charge in [0, 0.05) is 13.2 Å². The summed E-state index contributed by atoms with van der Waals surface area (Å²) < 4.78 is 10.6. The van der Waals surface area contributed by atoms with Crippen LogP contribution in [-0.4, -0.2) is 26.4 Å². The third-order valence-corrected chi connectivity index (χ3v) is 2.19. The maximum atomic E-state index is 5.89. The summed E-state index contributed by atoms with van der Waals surface area (Å²) in [5, 5.41) is 0. The van der Waals surface area contributed by atoms with Crippen LogP contribution in [-0.2, 0) is 9.47 Å². The molecule has 1 aromatic carbocycles. The summed E-state index contributed by atoms with van der Waals surface area (Å²) in [6.07, 6.45) is -0.0543. The van der Waals surface area contributed by atoms with Gasteiger partial charge in [0.25, 0.3) is 0 Å². The van der Waals surface area contributed by atoms with Crippen molar-refractivity contribution in [2.45, 2.75) is 19.1 Å².